The fraction of sp³-hybridized carbons (Fsp3) is 0.267. The van der Waals surface area contributed by atoms with Gasteiger partial charge in [0.25, 0.3) is 11.7 Å². The van der Waals surface area contributed by atoms with E-state index in [9.17, 15) is 9.59 Å². The number of imidazole rings is 1. The Morgan fingerprint density at radius 1 is 1.20 bits per heavy atom. The SMILES string of the molecule is O=C1C(=O)N(Cc2cncn2C2CC2)c2ccccc21. The number of Topliss-reactive ketones (excluding diaryl/α,β-unsaturated/α-hetero) is 1. The number of carbonyl (C=O) groups excluding carboxylic acids is 2. The third-order valence-electron chi connectivity index (χ3n) is 3.89. The van der Waals surface area contributed by atoms with E-state index in [0.717, 1.165) is 18.5 Å². The van der Waals surface area contributed by atoms with Crippen LogP contribution in [-0.2, 0) is 11.3 Å². The molecule has 5 heteroatoms. The highest BCUT2D eigenvalue weighted by Crippen LogP contribution is 2.37. The standard InChI is InChI=1S/C15H13N3O2/c19-14-12-3-1-2-4-13(12)17(15(14)20)8-11-7-16-9-18(11)10-5-6-10/h1-4,7,9-10H,5-6,8H2. The van der Waals surface area contributed by atoms with Crippen molar-refractivity contribution in [1.82, 2.24) is 9.55 Å². The zero-order valence-corrected chi connectivity index (χ0v) is 10.8. The van der Waals surface area contributed by atoms with Gasteiger partial charge in [0.05, 0.1) is 29.8 Å². The van der Waals surface area contributed by atoms with E-state index in [-0.39, 0.29) is 0 Å². The third-order valence-corrected chi connectivity index (χ3v) is 3.89. The molecule has 1 saturated carbocycles. The second-order valence-electron chi connectivity index (χ2n) is 5.26. The van der Waals surface area contributed by atoms with Gasteiger partial charge in [0.1, 0.15) is 0 Å². The van der Waals surface area contributed by atoms with Gasteiger partial charge in [0.15, 0.2) is 0 Å². The van der Waals surface area contributed by atoms with Crippen molar-refractivity contribution in [1.29, 1.82) is 0 Å². The molecule has 0 bridgehead atoms. The van der Waals surface area contributed by atoms with Gasteiger partial charge >= 0.3 is 0 Å². The number of rotatable bonds is 3. The molecule has 0 spiro atoms. The first-order valence-corrected chi connectivity index (χ1v) is 6.71. The molecule has 2 heterocycles. The largest absolute Gasteiger partial charge is 0.330 e. The fourth-order valence-electron chi connectivity index (χ4n) is 2.70. The van der Waals surface area contributed by atoms with Crippen LogP contribution >= 0.6 is 0 Å². The van der Waals surface area contributed by atoms with E-state index in [1.165, 1.54) is 0 Å². The van der Waals surface area contributed by atoms with Crippen LogP contribution in [0.5, 0.6) is 0 Å². The maximum absolute atomic E-state index is 12.1. The van der Waals surface area contributed by atoms with Crippen LogP contribution in [0, 0.1) is 0 Å². The number of fused-ring (bicyclic) bond motifs is 1. The summed E-state index contributed by atoms with van der Waals surface area (Å²) in [6.07, 6.45) is 5.90. The lowest BCUT2D eigenvalue weighted by Crippen LogP contribution is -2.30. The van der Waals surface area contributed by atoms with Crippen LogP contribution in [0.3, 0.4) is 0 Å². The molecule has 1 fully saturated rings. The van der Waals surface area contributed by atoms with Gasteiger partial charge in [-0.05, 0) is 25.0 Å². The second kappa shape index (κ2) is 4.03. The van der Waals surface area contributed by atoms with Gasteiger partial charge < -0.3 is 4.57 Å². The molecule has 2 aromatic rings. The Balaban J connectivity index is 1.70. The fourth-order valence-corrected chi connectivity index (χ4v) is 2.70. The van der Waals surface area contributed by atoms with Gasteiger partial charge in [0, 0.05) is 12.2 Å². The number of aromatic nitrogens is 2. The highest BCUT2D eigenvalue weighted by atomic mass is 16.2. The molecule has 1 amide bonds. The van der Waals surface area contributed by atoms with Gasteiger partial charge in [-0.25, -0.2) is 4.98 Å². The summed E-state index contributed by atoms with van der Waals surface area (Å²) >= 11 is 0. The number of amides is 1. The minimum Gasteiger partial charge on any atom is -0.330 e. The lowest BCUT2D eigenvalue weighted by molar-refractivity contribution is -0.114. The van der Waals surface area contributed by atoms with E-state index in [4.69, 9.17) is 0 Å². The molecule has 0 unspecified atom stereocenters. The van der Waals surface area contributed by atoms with Gasteiger partial charge in [-0.1, -0.05) is 12.1 Å². The van der Waals surface area contributed by atoms with Crippen LogP contribution in [-0.4, -0.2) is 21.2 Å². The summed E-state index contributed by atoms with van der Waals surface area (Å²) in [4.78, 5) is 29.8. The van der Waals surface area contributed by atoms with Gasteiger partial charge in [-0.15, -0.1) is 0 Å². The number of carbonyl (C=O) groups is 2. The van der Waals surface area contributed by atoms with Crippen molar-refractivity contribution in [2.24, 2.45) is 0 Å². The molecule has 0 atom stereocenters. The van der Waals surface area contributed by atoms with Crippen molar-refractivity contribution in [3.63, 3.8) is 0 Å². The first-order valence-electron chi connectivity index (χ1n) is 6.71. The topological polar surface area (TPSA) is 55.2 Å². The normalized spacial score (nSPS) is 17.7. The summed E-state index contributed by atoms with van der Waals surface area (Å²) in [5.74, 6) is -0.868. The molecule has 1 aliphatic carbocycles. The number of para-hydroxylation sites is 1. The lowest BCUT2D eigenvalue weighted by Gasteiger charge is -2.17. The zero-order chi connectivity index (χ0) is 13.7. The van der Waals surface area contributed by atoms with Crippen LogP contribution in [0.25, 0.3) is 0 Å². The van der Waals surface area contributed by atoms with Gasteiger partial charge in [-0.2, -0.15) is 0 Å². The molecule has 4 rings (SSSR count). The molecule has 0 N–H and O–H groups in total. The average molecular weight is 267 g/mol. The van der Waals surface area contributed by atoms with Crippen LogP contribution < -0.4 is 4.90 Å². The minimum absolute atomic E-state index is 0.401. The Kier molecular flexibility index (Phi) is 2.30. The molecule has 5 nitrogen and oxygen atoms in total. The molecule has 0 saturated heterocycles. The zero-order valence-electron chi connectivity index (χ0n) is 10.8. The number of hydrogen-bond donors (Lipinski definition) is 0. The number of benzene rings is 1. The minimum atomic E-state index is -0.449. The Bertz CT molecular complexity index is 715. The number of hydrogen-bond acceptors (Lipinski definition) is 3. The van der Waals surface area contributed by atoms with E-state index in [0.29, 0.717) is 23.8 Å². The van der Waals surface area contributed by atoms with Crippen LogP contribution in [0.15, 0.2) is 36.8 Å². The van der Waals surface area contributed by atoms with E-state index in [2.05, 4.69) is 9.55 Å². The summed E-state index contributed by atoms with van der Waals surface area (Å²) in [5.41, 5.74) is 2.17. The molecule has 100 valence electrons. The molecule has 2 aliphatic rings. The van der Waals surface area contributed by atoms with Crippen molar-refractivity contribution in [3.05, 3.63) is 48.0 Å². The average Bonchev–Trinajstić information content (AvgIpc) is 3.17. The summed E-state index contributed by atoms with van der Waals surface area (Å²) in [5, 5.41) is 0. The van der Waals surface area contributed by atoms with Gasteiger partial charge in [0.2, 0.25) is 0 Å². The monoisotopic (exact) mass is 267 g/mol. The lowest BCUT2D eigenvalue weighted by atomic mass is 10.1. The quantitative estimate of drug-likeness (QED) is 0.799. The highest BCUT2D eigenvalue weighted by Gasteiger charge is 2.36. The number of ketones is 1. The number of anilines is 1. The molecule has 20 heavy (non-hydrogen) atoms. The van der Waals surface area contributed by atoms with Crippen molar-refractivity contribution in [3.8, 4) is 0 Å². The Morgan fingerprint density at radius 3 is 2.80 bits per heavy atom. The van der Waals surface area contributed by atoms with E-state index in [1.54, 1.807) is 29.6 Å². The predicted octanol–water partition coefficient (Wildman–Crippen LogP) is 1.95. The third kappa shape index (κ3) is 1.59. The van der Waals surface area contributed by atoms with Crippen molar-refractivity contribution >= 4 is 17.4 Å². The molecule has 1 aliphatic heterocycles. The molecule has 1 aromatic heterocycles. The Hall–Kier alpha value is -2.43. The van der Waals surface area contributed by atoms with Crippen LogP contribution in [0.2, 0.25) is 0 Å². The van der Waals surface area contributed by atoms with Gasteiger partial charge in [-0.3, -0.25) is 14.5 Å². The van der Waals surface area contributed by atoms with Crippen molar-refractivity contribution < 1.29 is 9.59 Å². The highest BCUT2D eigenvalue weighted by molar-refractivity contribution is 6.52. The summed E-state index contributed by atoms with van der Waals surface area (Å²) in [6, 6.07) is 7.65. The summed E-state index contributed by atoms with van der Waals surface area (Å²) in [7, 11) is 0. The smallest absolute Gasteiger partial charge is 0.299 e. The summed E-state index contributed by atoms with van der Waals surface area (Å²) < 4.78 is 2.11. The van der Waals surface area contributed by atoms with Crippen molar-refractivity contribution in [2.75, 3.05) is 4.90 Å². The molecular formula is C15H13N3O2. The number of nitrogens with zero attached hydrogens (tertiary/aromatic N) is 3. The van der Waals surface area contributed by atoms with E-state index >= 15 is 0 Å². The molecule has 1 aromatic carbocycles. The Morgan fingerprint density at radius 2 is 2.00 bits per heavy atom. The summed E-state index contributed by atoms with van der Waals surface area (Å²) in [6.45, 7) is 0.401. The maximum Gasteiger partial charge on any atom is 0.299 e. The predicted molar refractivity (Wildman–Crippen MR) is 72.5 cm³/mol. The van der Waals surface area contributed by atoms with E-state index < -0.39 is 11.7 Å². The van der Waals surface area contributed by atoms with Crippen LogP contribution in [0.4, 0.5) is 5.69 Å². The Labute approximate surface area is 115 Å². The first kappa shape index (κ1) is 11.4. The first-order chi connectivity index (χ1) is 9.75. The van der Waals surface area contributed by atoms with E-state index in [1.807, 2.05) is 12.1 Å². The maximum atomic E-state index is 12.1. The second-order valence-corrected chi connectivity index (χ2v) is 5.26. The van der Waals surface area contributed by atoms with Crippen LogP contribution in [0.1, 0.15) is 34.9 Å². The van der Waals surface area contributed by atoms with Crippen molar-refractivity contribution in [2.45, 2.75) is 25.4 Å². The molecular weight excluding hydrogens is 254 g/mol. The molecule has 0 radical (unpaired) electrons.